The molecule has 1 aromatic rings. The first kappa shape index (κ1) is 14.5. The molecule has 0 N–H and O–H groups in total. The van der Waals surface area contributed by atoms with Crippen molar-refractivity contribution in [2.45, 2.75) is 6.42 Å². The van der Waals surface area contributed by atoms with Crippen LogP contribution in [0, 0.1) is 0 Å². The predicted molar refractivity (Wildman–Crippen MR) is 68.0 cm³/mol. The second kappa shape index (κ2) is 7.03. The van der Waals surface area contributed by atoms with E-state index in [1.165, 1.54) is 7.11 Å². The molecule has 0 saturated carbocycles. The Balaban J connectivity index is 2.54. The molecule has 6 heteroatoms. The van der Waals surface area contributed by atoms with Crippen LogP contribution in [0.25, 0.3) is 0 Å². The lowest BCUT2D eigenvalue weighted by Crippen LogP contribution is -2.12. The Bertz CT molecular complexity index is 461. The number of ether oxygens (including phenoxy) is 2. The Morgan fingerprint density at radius 3 is 2.22 bits per heavy atom. The van der Waals surface area contributed by atoms with Crippen molar-refractivity contribution in [3.8, 4) is 11.5 Å². The van der Waals surface area contributed by atoms with Crippen molar-refractivity contribution < 1.29 is 19.1 Å². The van der Waals surface area contributed by atoms with Gasteiger partial charge in [-0.3, -0.25) is 9.59 Å². The van der Waals surface area contributed by atoms with Crippen LogP contribution >= 0.6 is 23.2 Å². The Morgan fingerprint density at radius 1 is 1.17 bits per heavy atom. The molecule has 0 spiro atoms. The van der Waals surface area contributed by atoms with Crippen LogP contribution in [0.2, 0.25) is 0 Å². The molecule has 0 unspecified atom stereocenters. The first-order chi connectivity index (χ1) is 8.51. The van der Waals surface area contributed by atoms with Gasteiger partial charge in [-0.25, -0.2) is 0 Å². The summed E-state index contributed by atoms with van der Waals surface area (Å²) in [5, 5.41) is 0. The van der Waals surface area contributed by atoms with E-state index in [1.54, 1.807) is 24.3 Å². The van der Waals surface area contributed by atoms with Crippen molar-refractivity contribution in [3.05, 3.63) is 34.8 Å². The molecule has 0 bridgehead atoms. The monoisotopic (exact) mass is 288 g/mol. The molecule has 0 aliphatic carbocycles. The fourth-order valence-electron chi connectivity index (χ4n) is 1.13. The Hall–Kier alpha value is -1.52. The largest absolute Gasteiger partial charge is 0.497 e. The van der Waals surface area contributed by atoms with E-state index in [0.29, 0.717) is 11.5 Å². The summed E-state index contributed by atoms with van der Waals surface area (Å²) in [7, 11) is 1.53. The maximum Gasteiger partial charge on any atom is 0.319 e. The van der Waals surface area contributed by atoms with Crippen molar-refractivity contribution in [3.63, 3.8) is 0 Å². The van der Waals surface area contributed by atoms with Gasteiger partial charge in [-0.2, -0.15) is 0 Å². The number of esters is 1. The molecule has 96 valence electrons. The molecule has 1 rings (SSSR count). The van der Waals surface area contributed by atoms with Crippen molar-refractivity contribution in [1.82, 2.24) is 0 Å². The minimum Gasteiger partial charge on any atom is -0.497 e. The number of hydrogen-bond donors (Lipinski definition) is 0. The summed E-state index contributed by atoms with van der Waals surface area (Å²) in [4.78, 5) is 22.6. The van der Waals surface area contributed by atoms with Gasteiger partial charge in [0.1, 0.15) is 22.4 Å². The summed E-state index contributed by atoms with van der Waals surface area (Å²) in [5.74, 6) is -0.234. The smallest absolute Gasteiger partial charge is 0.319 e. The minimum absolute atomic E-state index is 0.197. The summed E-state index contributed by atoms with van der Waals surface area (Å²) >= 11 is 10.6. The molecule has 4 nitrogen and oxygen atoms in total. The van der Waals surface area contributed by atoms with Crippen LogP contribution in [-0.4, -0.2) is 18.9 Å². The van der Waals surface area contributed by atoms with E-state index in [-0.39, 0.29) is 4.49 Å². The van der Waals surface area contributed by atoms with Gasteiger partial charge in [0.15, 0.2) is 5.78 Å². The van der Waals surface area contributed by atoms with Gasteiger partial charge in [0, 0.05) is 6.08 Å². The highest BCUT2D eigenvalue weighted by atomic mass is 35.5. The quantitative estimate of drug-likeness (QED) is 0.362. The second-order valence-corrected chi connectivity index (χ2v) is 4.23. The third-order valence-electron chi connectivity index (χ3n) is 1.88. The molecule has 0 amide bonds. The van der Waals surface area contributed by atoms with Gasteiger partial charge in [-0.1, -0.05) is 23.2 Å². The van der Waals surface area contributed by atoms with Gasteiger partial charge in [-0.05, 0) is 24.3 Å². The third-order valence-corrected chi connectivity index (χ3v) is 2.10. The van der Waals surface area contributed by atoms with E-state index in [9.17, 15) is 9.59 Å². The number of carbonyl (C=O) groups is 2. The van der Waals surface area contributed by atoms with Crippen LogP contribution in [0.1, 0.15) is 6.42 Å². The van der Waals surface area contributed by atoms with E-state index < -0.39 is 18.2 Å². The Labute approximate surface area is 114 Å². The lowest BCUT2D eigenvalue weighted by molar-refractivity contribution is -0.136. The first-order valence-electron chi connectivity index (χ1n) is 4.91. The summed E-state index contributed by atoms with van der Waals surface area (Å²) in [5.41, 5.74) is 0. The number of carbonyl (C=O) groups excluding carboxylic acids is 2. The van der Waals surface area contributed by atoms with Gasteiger partial charge >= 0.3 is 5.97 Å². The van der Waals surface area contributed by atoms with Crippen molar-refractivity contribution in [1.29, 1.82) is 0 Å². The average Bonchev–Trinajstić information content (AvgIpc) is 2.28. The number of hydrogen-bond acceptors (Lipinski definition) is 4. The standard InChI is InChI=1S/C12H10Cl2O4/c1-17-9-2-4-10(5-3-9)18-12(16)7-8(15)6-11(13)14/h2-6H,7H2,1H3. The van der Waals surface area contributed by atoms with Gasteiger partial charge in [0.2, 0.25) is 0 Å². The van der Waals surface area contributed by atoms with Crippen LogP contribution in [0.3, 0.4) is 0 Å². The highest BCUT2D eigenvalue weighted by Gasteiger charge is 2.10. The van der Waals surface area contributed by atoms with Gasteiger partial charge < -0.3 is 9.47 Å². The van der Waals surface area contributed by atoms with Gasteiger partial charge in [0.05, 0.1) is 7.11 Å². The highest BCUT2D eigenvalue weighted by Crippen LogP contribution is 2.17. The molecule has 0 fully saturated rings. The molecular weight excluding hydrogens is 279 g/mol. The SMILES string of the molecule is COc1ccc(OC(=O)CC(=O)C=C(Cl)Cl)cc1. The summed E-state index contributed by atoms with van der Waals surface area (Å²) < 4.78 is 9.69. The van der Waals surface area contributed by atoms with E-state index in [1.807, 2.05) is 0 Å². The normalized spacial score (nSPS) is 9.50. The molecule has 0 saturated heterocycles. The van der Waals surface area contributed by atoms with Crippen LogP contribution in [0.5, 0.6) is 11.5 Å². The highest BCUT2D eigenvalue weighted by molar-refractivity contribution is 6.56. The Kier molecular flexibility index (Phi) is 5.68. The maximum absolute atomic E-state index is 11.4. The van der Waals surface area contributed by atoms with E-state index >= 15 is 0 Å². The first-order valence-corrected chi connectivity index (χ1v) is 5.67. The fraction of sp³-hybridized carbons (Fsp3) is 0.167. The van der Waals surface area contributed by atoms with Crippen molar-refractivity contribution in [2.75, 3.05) is 7.11 Å². The Morgan fingerprint density at radius 2 is 1.72 bits per heavy atom. The molecule has 1 aromatic carbocycles. The predicted octanol–water partition coefficient (Wildman–Crippen LogP) is 2.88. The molecule has 0 aliphatic heterocycles. The maximum atomic E-state index is 11.4. The third kappa shape index (κ3) is 5.21. The van der Waals surface area contributed by atoms with Crippen molar-refractivity contribution in [2.24, 2.45) is 0 Å². The molecular formula is C12H10Cl2O4. The lowest BCUT2D eigenvalue weighted by Gasteiger charge is -2.04. The average molecular weight is 289 g/mol. The fourth-order valence-corrected chi connectivity index (χ4v) is 1.37. The number of benzene rings is 1. The van der Waals surface area contributed by atoms with E-state index in [0.717, 1.165) is 6.08 Å². The molecule has 0 atom stereocenters. The van der Waals surface area contributed by atoms with Crippen LogP contribution in [0.4, 0.5) is 0 Å². The summed E-state index contributed by atoms with van der Waals surface area (Å²) in [6.45, 7) is 0. The zero-order valence-corrected chi connectivity index (χ0v) is 11.0. The summed E-state index contributed by atoms with van der Waals surface area (Å²) in [6.07, 6.45) is 0.535. The zero-order chi connectivity index (χ0) is 13.5. The molecule has 18 heavy (non-hydrogen) atoms. The van der Waals surface area contributed by atoms with Crippen LogP contribution in [0.15, 0.2) is 34.8 Å². The molecule has 0 heterocycles. The lowest BCUT2D eigenvalue weighted by atomic mass is 10.3. The van der Waals surface area contributed by atoms with Gasteiger partial charge in [-0.15, -0.1) is 0 Å². The molecule has 0 radical (unpaired) electrons. The van der Waals surface area contributed by atoms with Gasteiger partial charge in [0.25, 0.3) is 0 Å². The van der Waals surface area contributed by atoms with E-state index in [4.69, 9.17) is 32.7 Å². The second-order valence-electron chi connectivity index (χ2n) is 3.23. The minimum atomic E-state index is -0.684. The number of rotatable bonds is 5. The number of ketones is 1. The van der Waals surface area contributed by atoms with Crippen molar-refractivity contribution >= 4 is 35.0 Å². The topological polar surface area (TPSA) is 52.6 Å². The van der Waals surface area contributed by atoms with Crippen LogP contribution in [-0.2, 0) is 9.59 Å². The molecule has 0 aliphatic rings. The van der Waals surface area contributed by atoms with E-state index in [2.05, 4.69) is 0 Å². The number of allylic oxidation sites excluding steroid dienone is 1. The zero-order valence-electron chi connectivity index (χ0n) is 9.48. The molecule has 0 aromatic heterocycles. The summed E-state index contributed by atoms with van der Waals surface area (Å²) in [6, 6.07) is 6.40. The number of halogens is 2. The van der Waals surface area contributed by atoms with Crippen LogP contribution < -0.4 is 9.47 Å². The number of methoxy groups -OCH3 is 1.